The van der Waals surface area contributed by atoms with Crippen LogP contribution < -0.4 is 5.32 Å². The summed E-state index contributed by atoms with van der Waals surface area (Å²) in [4.78, 5) is 11.5. The number of fused-ring (bicyclic) bond motifs is 1. The van der Waals surface area contributed by atoms with Crippen LogP contribution >= 0.6 is 11.5 Å². The standard InChI is InChI=1S/C16H14N4O5S2/c1-25-16(22)17-13-7-9(3-6-14(13)21)18-19-15-11-8-10(27(2,23)24)4-5-12(11)20-26-15/h3-8,21H,1-2H3,(H,17,22). The summed E-state index contributed by atoms with van der Waals surface area (Å²) in [6.45, 7) is 0. The number of carbonyl (C=O) groups excluding carboxylic acids is 1. The van der Waals surface area contributed by atoms with Gasteiger partial charge < -0.3 is 9.84 Å². The number of amides is 1. The lowest BCUT2D eigenvalue weighted by Gasteiger charge is -2.06. The molecule has 0 bridgehead atoms. The molecule has 3 aromatic rings. The fraction of sp³-hybridized carbons (Fsp3) is 0.125. The summed E-state index contributed by atoms with van der Waals surface area (Å²) >= 11 is 1.08. The van der Waals surface area contributed by atoms with Gasteiger partial charge in [-0.2, -0.15) is 4.37 Å². The SMILES string of the molecule is COC(=O)Nc1cc(N=Nc2snc3ccc(S(C)(=O)=O)cc23)ccc1O. The van der Waals surface area contributed by atoms with Crippen LogP contribution in [0.2, 0.25) is 0 Å². The lowest BCUT2D eigenvalue weighted by atomic mass is 10.2. The summed E-state index contributed by atoms with van der Waals surface area (Å²) in [6, 6.07) is 8.88. The average Bonchev–Trinajstić information content (AvgIpc) is 3.03. The number of methoxy groups -OCH3 is 1. The zero-order valence-corrected chi connectivity index (χ0v) is 15.8. The van der Waals surface area contributed by atoms with E-state index in [1.54, 1.807) is 6.07 Å². The molecule has 3 rings (SSSR count). The van der Waals surface area contributed by atoms with Gasteiger partial charge in [0, 0.05) is 11.6 Å². The van der Waals surface area contributed by atoms with Gasteiger partial charge in [-0.05, 0) is 47.9 Å². The van der Waals surface area contributed by atoms with Gasteiger partial charge in [-0.15, -0.1) is 10.2 Å². The lowest BCUT2D eigenvalue weighted by molar-refractivity contribution is 0.187. The molecule has 1 aromatic heterocycles. The minimum atomic E-state index is -3.36. The minimum Gasteiger partial charge on any atom is -0.506 e. The van der Waals surface area contributed by atoms with Crippen molar-refractivity contribution in [3.05, 3.63) is 36.4 Å². The van der Waals surface area contributed by atoms with E-state index in [0.717, 1.165) is 17.8 Å². The number of aromatic hydroxyl groups is 1. The zero-order valence-electron chi connectivity index (χ0n) is 14.2. The molecule has 0 aliphatic rings. The number of aromatic nitrogens is 1. The van der Waals surface area contributed by atoms with Crippen molar-refractivity contribution in [1.82, 2.24) is 4.37 Å². The van der Waals surface area contributed by atoms with Crippen molar-refractivity contribution in [2.24, 2.45) is 10.2 Å². The van der Waals surface area contributed by atoms with Gasteiger partial charge in [-0.1, -0.05) is 0 Å². The maximum absolute atomic E-state index is 11.7. The van der Waals surface area contributed by atoms with Gasteiger partial charge in [-0.25, -0.2) is 13.2 Å². The molecular weight excluding hydrogens is 392 g/mol. The molecule has 1 amide bonds. The van der Waals surface area contributed by atoms with Crippen LogP contribution in [0.1, 0.15) is 0 Å². The number of hydrogen-bond donors (Lipinski definition) is 2. The summed E-state index contributed by atoms with van der Waals surface area (Å²) in [5.41, 5.74) is 1.09. The van der Waals surface area contributed by atoms with Gasteiger partial charge >= 0.3 is 6.09 Å². The van der Waals surface area contributed by atoms with E-state index in [1.807, 2.05) is 0 Å². The Bertz CT molecular complexity index is 1150. The largest absolute Gasteiger partial charge is 0.506 e. The molecule has 0 radical (unpaired) electrons. The second kappa shape index (κ2) is 7.29. The first-order chi connectivity index (χ1) is 12.8. The van der Waals surface area contributed by atoms with Crippen molar-refractivity contribution in [2.45, 2.75) is 4.90 Å². The Kier molecular flexibility index (Phi) is 5.06. The van der Waals surface area contributed by atoms with E-state index >= 15 is 0 Å². The van der Waals surface area contributed by atoms with Crippen LogP contribution in [0.25, 0.3) is 10.9 Å². The number of ether oxygens (including phenoxy) is 1. The van der Waals surface area contributed by atoms with Crippen LogP contribution in [0.15, 0.2) is 51.5 Å². The van der Waals surface area contributed by atoms with Gasteiger partial charge in [0.2, 0.25) is 0 Å². The van der Waals surface area contributed by atoms with E-state index in [1.165, 1.54) is 37.4 Å². The van der Waals surface area contributed by atoms with E-state index in [-0.39, 0.29) is 16.3 Å². The number of nitrogens with zero attached hydrogens (tertiary/aromatic N) is 3. The summed E-state index contributed by atoms with van der Waals surface area (Å²) < 4.78 is 32.2. The van der Waals surface area contributed by atoms with Crippen molar-refractivity contribution >= 4 is 54.7 Å². The molecule has 9 nitrogen and oxygen atoms in total. The molecule has 0 aliphatic carbocycles. The van der Waals surface area contributed by atoms with Crippen LogP contribution in [0.5, 0.6) is 5.75 Å². The number of hydrogen-bond acceptors (Lipinski definition) is 9. The summed E-state index contributed by atoms with van der Waals surface area (Å²) in [5.74, 6) is -0.152. The highest BCUT2D eigenvalue weighted by Crippen LogP contribution is 2.34. The third-order valence-corrected chi connectivity index (χ3v) is 5.39. The Labute approximate surface area is 158 Å². The Morgan fingerprint density at radius 3 is 2.70 bits per heavy atom. The number of phenolic OH excluding ortho intramolecular Hbond substituents is 1. The molecule has 0 unspecified atom stereocenters. The van der Waals surface area contributed by atoms with E-state index in [2.05, 4.69) is 24.7 Å². The van der Waals surface area contributed by atoms with Crippen LogP contribution in [0.3, 0.4) is 0 Å². The van der Waals surface area contributed by atoms with Crippen molar-refractivity contribution < 1.29 is 23.1 Å². The third-order valence-electron chi connectivity index (χ3n) is 3.52. The highest BCUT2D eigenvalue weighted by atomic mass is 32.2. The summed E-state index contributed by atoms with van der Waals surface area (Å²) in [6.07, 6.45) is 0.391. The van der Waals surface area contributed by atoms with Gasteiger partial charge in [0.15, 0.2) is 14.8 Å². The number of sulfone groups is 1. The number of nitrogens with one attached hydrogen (secondary N) is 1. The van der Waals surface area contributed by atoms with E-state index in [9.17, 15) is 18.3 Å². The maximum atomic E-state index is 11.7. The number of rotatable bonds is 4. The van der Waals surface area contributed by atoms with Crippen molar-refractivity contribution in [3.8, 4) is 5.75 Å². The number of anilines is 1. The van der Waals surface area contributed by atoms with Gasteiger partial charge in [0.25, 0.3) is 0 Å². The number of phenols is 1. The van der Waals surface area contributed by atoms with Gasteiger partial charge in [-0.3, -0.25) is 5.32 Å². The topological polar surface area (TPSA) is 130 Å². The molecule has 0 saturated carbocycles. The third kappa shape index (κ3) is 4.20. The Balaban J connectivity index is 1.94. The lowest BCUT2D eigenvalue weighted by Crippen LogP contribution is -2.10. The second-order valence-corrected chi connectivity index (χ2v) is 8.22. The smallest absolute Gasteiger partial charge is 0.411 e. The van der Waals surface area contributed by atoms with Crippen LogP contribution in [0, 0.1) is 0 Å². The number of benzene rings is 2. The summed E-state index contributed by atoms with van der Waals surface area (Å²) in [5, 5.41) is 21.3. The molecule has 140 valence electrons. The first-order valence-electron chi connectivity index (χ1n) is 7.47. The molecule has 0 fully saturated rings. The number of azo groups is 1. The molecule has 27 heavy (non-hydrogen) atoms. The fourth-order valence-corrected chi connectivity index (χ4v) is 3.49. The van der Waals surface area contributed by atoms with Gasteiger partial charge in [0.05, 0.1) is 28.9 Å². The molecule has 0 spiro atoms. The highest BCUT2D eigenvalue weighted by molar-refractivity contribution is 7.90. The molecule has 2 N–H and O–H groups in total. The quantitative estimate of drug-likeness (QED) is 0.497. The van der Waals surface area contributed by atoms with Crippen LogP contribution in [-0.4, -0.2) is 37.4 Å². The molecule has 0 atom stereocenters. The Hall–Kier alpha value is -3.05. The maximum Gasteiger partial charge on any atom is 0.411 e. The van der Waals surface area contributed by atoms with Gasteiger partial charge in [0.1, 0.15) is 5.75 Å². The predicted octanol–water partition coefficient (Wildman–Crippen LogP) is 4.00. The average molecular weight is 406 g/mol. The highest BCUT2D eigenvalue weighted by Gasteiger charge is 2.12. The fourth-order valence-electron chi connectivity index (χ4n) is 2.16. The Morgan fingerprint density at radius 2 is 2.00 bits per heavy atom. The molecule has 11 heteroatoms. The van der Waals surface area contributed by atoms with E-state index in [0.29, 0.717) is 21.6 Å². The van der Waals surface area contributed by atoms with Crippen molar-refractivity contribution in [1.29, 1.82) is 0 Å². The Morgan fingerprint density at radius 1 is 1.22 bits per heavy atom. The zero-order chi connectivity index (χ0) is 19.6. The summed E-state index contributed by atoms with van der Waals surface area (Å²) in [7, 11) is -2.15. The molecule has 1 heterocycles. The molecule has 2 aromatic carbocycles. The van der Waals surface area contributed by atoms with E-state index in [4.69, 9.17) is 0 Å². The van der Waals surface area contributed by atoms with Crippen LogP contribution in [-0.2, 0) is 14.6 Å². The minimum absolute atomic E-state index is 0.117. The predicted molar refractivity (Wildman–Crippen MR) is 101 cm³/mol. The second-order valence-electron chi connectivity index (χ2n) is 5.46. The van der Waals surface area contributed by atoms with Crippen LogP contribution in [0.4, 0.5) is 21.2 Å². The first-order valence-corrected chi connectivity index (χ1v) is 10.1. The first kappa shape index (κ1) is 18.7. The van der Waals surface area contributed by atoms with Crippen molar-refractivity contribution in [3.63, 3.8) is 0 Å². The molecule has 0 saturated heterocycles. The number of carbonyl (C=O) groups is 1. The van der Waals surface area contributed by atoms with Crippen molar-refractivity contribution in [2.75, 3.05) is 18.7 Å². The van der Waals surface area contributed by atoms with E-state index < -0.39 is 15.9 Å². The molecule has 0 aliphatic heterocycles. The molecular formula is C16H14N4O5S2. The monoisotopic (exact) mass is 406 g/mol. The normalized spacial score (nSPS) is 11.8.